The molecule has 1 amide bonds. The predicted molar refractivity (Wildman–Crippen MR) is 73.7 cm³/mol. The molecule has 0 unspecified atom stereocenters. The Balaban J connectivity index is 2.18. The van der Waals surface area contributed by atoms with Crippen LogP contribution in [0.1, 0.15) is 61.6 Å². The van der Waals surface area contributed by atoms with Gasteiger partial charge in [-0.25, -0.2) is 4.79 Å². The Bertz CT molecular complexity index is 528. The number of hydrogen-bond acceptors (Lipinski definition) is 3. The van der Waals surface area contributed by atoms with Crippen LogP contribution in [0.15, 0.2) is 6.20 Å². The number of rotatable bonds is 6. The molecule has 1 aromatic heterocycles. The monoisotopic (exact) mass is 279 g/mol. The van der Waals surface area contributed by atoms with Crippen molar-refractivity contribution in [3.05, 3.63) is 17.5 Å². The summed E-state index contributed by atoms with van der Waals surface area (Å²) in [5.74, 6) is -1.31. The van der Waals surface area contributed by atoms with Crippen molar-refractivity contribution in [3.8, 4) is 0 Å². The molecule has 0 spiro atoms. The number of amides is 1. The molecule has 2 rings (SSSR count). The largest absolute Gasteiger partial charge is 0.480 e. The average Bonchev–Trinajstić information content (AvgIpc) is 3.09. The fourth-order valence-electron chi connectivity index (χ4n) is 2.45. The highest BCUT2D eigenvalue weighted by Crippen LogP contribution is 2.36. The lowest BCUT2D eigenvalue weighted by molar-refractivity contribution is -0.140. The summed E-state index contributed by atoms with van der Waals surface area (Å²) in [4.78, 5) is 23.3. The summed E-state index contributed by atoms with van der Waals surface area (Å²) in [5, 5.41) is 16.0. The van der Waals surface area contributed by atoms with Crippen molar-refractivity contribution in [1.82, 2.24) is 15.1 Å². The summed E-state index contributed by atoms with van der Waals surface area (Å²) in [5.41, 5.74) is 0.197. The number of carbonyl (C=O) groups excluding carboxylic acids is 1. The minimum atomic E-state index is -1.06. The number of nitrogens with zero attached hydrogens (tertiary/aromatic N) is 2. The fraction of sp³-hybridized carbons (Fsp3) is 0.643. The van der Waals surface area contributed by atoms with Gasteiger partial charge in [0.05, 0.1) is 17.8 Å². The minimum absolute atomic E-state index is 0.269. The topological polar surface area (TPSA) is 84.2 Å². The average molecular weight is 279 g/mol. The molecule has 0 aliphatic heterocycles. The van der Waals surface area contributed by atoms with Crippen LogP contribution in [-0.2, 0) is 4.79 Å². The van der Waals surface area contributed by atoms with Crippen molar-refractivity contribution in [2.24, 2.45) is 0 Å². The molecular weight excluding hydrogens is 258 g/mol. The van der Waals surface area contributed by atoms with Gasteiger partial charge in [-0.05, 0) is 32.6 Å². The molecule has 0 radical (unpaired) electrons. The van der Waals surface area contributed by atoms with E-state index in [0.717, 1.165) is 18.5 Å². The van der Waals surface area contributed by atoms with Gasteiger partial charge in [0.15, 0.2) is 0 Å². The first-order valence-electron chi connectivity index (χ1n) is 7.05. The first-order chi connectivity index (χ1) is 9.45. The molecule has 1 saturated carbocycles. The van der Waals surface area contributed by atoms with Crippen molar-refractivity contribution >= 4 is 11.9 Å². The molecular formula is C14H21N3O3. The van der Waals surface area contributed by atoms with E-state index in [1.165, 1.54) is 6.20 Å². The lowest BCUT2D eigenvalue weighted by atomic mass is 10.1. The van der Waals surface area contributed by atoms with Crippen molar-refractivity contribution in [3.63, 3.8) is 0 Å². The number of nitrogens with one attached hydrogen (secondary N) is 1. The third kappa shape index (κ3) is 2.42. The van der Waals surface area contributed by atoms with Crippen molar-refractivity contribution < 1.29 is 14.7 Å². The third-order valence-corrected chi connectivity index (χ3v) is 4.09. The first-order valence-corrected chi connectivity index (χ1v) is 7.05. The van der Waals surface area contributed by atoms with Crippen LogP contribution in [0.3, 0.4) is 0 Å². The number of aliphatic carboxylic acids is 1. The van der Waals surface area contributed by atoms with Crippen molar-refractivity contribution in [2.45, 2.75) is 58.0 Å². The maximum Gasteiger partial charge on any atom is 0.329 e. The lowest BCUT2D eigenvalue weighted by Gasteiger charge is -2.16. The molecule has 1 aromatic rings. The summed E-state index contributed by atoms with van der Waals surface area (Å²) < 4.78 is 1.86. The van der Waals surface area contributed by atoms with E-state index in [1.54, 1.807) is 0 Å². The first kappa shape index (κ1) is 14.6. The number of carboxylic acid groups (broad SMARTS) is 1. The van der Waals surface area contributed by atoms with E-state index in [2.05, 4.69) is 24.3 Å². The van der Waals surface area contributed by atoms with E-state index in [1.807, 2.05) is 11.6 Å². The van der Waals surface area contributed by atoms with E-state index < -0.39 is 11.5 Å². The second kappa shape index (κ2) is 5.26. The normalized spacial score (nSPS) is 16.2. The van der Waals surface area contributed by atoms with Crippen LogP contribution in [0.25, 0.3) is 0 Å². The van der Waals surface area contributed by atoms with Crippen LogP contribution in [0.2, 0.25) is 0 Å². The van der Waals surface area contributed by atoms with Gasteiger partial charge in [0.1, 0.15) is 5.54 Å². The molecule has 0 bridgehead atoms. The van der Waals surface area contributed by atoms with Crippen LogP contribution in [-0.4, -0.2) is 32.3 Å². The molecule has 2 N–H and O–H groups in total. The smallest absolute Gasteiger partial charge is 0.329 e. The number of carbonyl (C=O) groups is 2. The molecule has 6 heteroatoms. The quantitative estimate of drug-likeness (QED) is 0.833. The molecule has 110 valence electrons. The van der Waals surface area contributed by atoms with E-state index in [9.17, 15) is 9.59 Å². The Labute approximate surface area is 118 Å². The molecule has 1 aliphatic carbocycles. The molecule has 20 heavy (non-hydrogen) atoms. The zero-order chi connectivity index (χ0) is 14.9. The minimum Gasteiger partial charge on any atom is -0.480 e. The van der Waals surface area contributed by atoms with Crippen LogP contribution in [0.5, 0.6) is 0 Å². The lowest BCUT2D eigenvalue weighted by Crippen LogP contribution is -2.43. The number of aromatic nitrogens is 2. The fourth-order valence-corrected chi connectivity index (χ4v) is 2.45. The van der Waals surface area contributed by atoms with Crippen LogP contribution in [0, 0.1) is 6.92 Å². The van der Waals surface area contributed by atoms with Gasteiger partial charge in [-0.2, -0.15) is 5.10 Å². The maximum atomic E-state index is 12.2. The summed E-state index contributed by atoms with van der Waals surface area (Å²) >= 11 is 0. The van der Waals surface area contributed by atoms with Gasteiger partial charge < -0.3 is 10.4 Å². The van der Waals surface area contributed by atoms with Gasteiger partial charge in [-0.1, -0.05) is 13.8 Å². The Morgan fingerprint density at radius 2 is 2.05 bits per heavy atom. The molecule has 6 nitrogen and oxygen atoms in total. The Morgan fingerprint density at radius 1 is 1.45 bits per heavy atom. The molecule has 1 aliphatic rings. The summed E-state index contributed by atoms with van der Waals surface area (Å²) in [6.07, 6.45) is 4.40. The van der Waals surface area contributed by atoms with Crippen molar-refractivity contribution in [2.75, 3.05) is 0 Å². The highest BCUT2D eigenvalue weighted by atomic mass is 16.4. The molecule has 0 aromatic carbocycles. The predicted octanol–water partition coefficient (Wildman–Crippen LogP) is 1.90. The Hall–Kier alpha value is -1.85. The zero-order valence-corrected chi connectivity index (χ0v) is 12.1. The molecule has 1 heterocycles. The summed E-state index contributed by atoms with van der Waals surface area (Å²) in [7, 11) is 0. The highest BCUT2D eigenvalue weighted by Gasteiger charge is 2.51. The standard InChI is InChI=1S/C14H21N3O3/c1-4-10(5-2)17-9(3)11(8-15-17)12(18)16-14(6-7-14)13(19)20/h8,10H,4-7H2,1-3H3,(H,16,18)(H,19,20). The van der Waals surface area contributed by atoms with E-state index in [4.69, 9.17) is 5.11 Å². The van der Waals surface area contributed by atoms with Gasteiger partial charge in [0.2, 0.25) is 0 Å². The van der Waals surface area contributed by atoms with Crippen LogP contribution in [0.4, 0.5) is 0 Å². The third-order valence-electron chi connectivity index (χ3n) is 4.09. The van der Waals surface area contributed by atoms with Gasteiger partial charge >= 0.3 is 5.97 Å². The zero-order valence-electron chi connectivity index (χ0n) is 12.1. The summed E-state index contributed by atoms with van der Waals surface area (Å²) in [6, 6.07) is 0.269. The molecule has 0 saturated heterocycles. The van der Waals surface area contributed by atoms with E-state index in [0.29, 0.717) is 18.4 Å². The molecule has 0 atom stereocenters. The Morgan fingerprint density at radius 3 is 2.50 bits per heavy atom. The van der Waals surface area contributed by atoms with Gasteiger partial charge in [-0.3, -0.25) is 9.48 Å². The SMILES string of the molecule is CCC(CC)n1ncc(C(=O)NC2(C(=O)O)CC2)c1C. The maximum absolute atomic E-state index is 12.2. The number of hydrogen-bond donors (Lipinski definition) is 2. The van der Waals surface area contributed by atoms with Crippen LogP contribution >= 0.6 is 0 Å². The second-order valence-corrected chi connectivity index (χ2v) is 5.40. The van der Waals surface area contributed by atoms with E-state index >= 15 is 0 Å². The van der Waals surface area contributed by atoms with Crippen molar-refractivity contribution in [1.29, 1.82) is 0 Å². The second-order valence-electron chi connectivity index (χ2n) is 5.40. The van der Waals surface area contributed by atoms with Gasteiger partial charge in [0.25, 0.3) is 5.91 Å². The van der Waals surface area contributed by atoms with Gasteiger partial charge in [-0.15, -0.1) is 0 Å². The van der Waals surface area contributed by atoms with E-state index in [-0.39, 0.29) is 11.9 Å². The molecule has 1 fully saturated rings. The van der Waals surface area contributed by atoms with Crippen LogP contribution < -0.4 is 5.32 Å². The Kier molecular flexibility index (Phi) is 3.83. The summed E-state index contributed by atoms with van der Waals surface area (Å²) in [6.45, 7) is 6.01. The number of carboxylic acids is 1. The van der Waals surface area contributed by atoms with Gasteiger partial charge in [0, 0.05) is 5.69 Å². The highest BCUT2D eigenvalue weighted by molar-refractivity contribution is 5.99.